The number of thiophene rings is 1. The smallest absolute Gasteiger partial charge is 0.186 e. The van der Waals surface area contributed by atoms with Crippen LogP contribution in [-0.4, -0.2) is 49.6 Å². The van der Waals surface area contributed by atoms with Crippen molar-refractivity contribution in [1.29, 1.82) is 0 Å². The highest BCUT2D eigenvalue weighted by molar-refractivity contribution is 7.16. The van der Waals surface area contributed by atoms with Crippen LogP contribution >= 0.6 is 11.3 Å². The highest BCUT2D eigenvalue weighted by atomic mass is 32.1. The Morgan fingerprint density at radius 2 is 2.21 bits per heavy atom. The van der Waals surface area contributed by atoms with Gasteiger partial charge in [-0.1, -0.05) is 0 Å². The molecule has 2 aliphatic rings. The van der Waals surface area contributed by atoms with E-state index in [9.17, 15) is 8.78 Å². The van der Waals surface area contributed by atoms with Gasteiger partial charge in [-0.05, 0) is 38.5 Å². The van der Waals surface area contributed by atoms with Crippen molar-refractivity contribution in [2.75, 3.05) is 38.2 Å². The predicted molar refractivity (Wildman–Crippen MR) is 109 cm³/mol. The number of anilines is 2. The Balaban J connectivity index is 1.70. The molecule has 1 aromatic heterocycles. The Morgan fingerprint density at radius 3 is 3.04 bits per heavy atom. The van der Waals surface area contributed by atoms with E-state index in [1.807, 2.05) is 13.8 Å². The van der Waals surface area contributed by atoms with E-state index in [1.165, 1.54) is 0 Å². The topological polar surface area (TPSA) is 48.9 Å². The van der Waals surface area contributed by atoms with Crippen LogP contribution in [0.4, 0.5) is 25.2 Å². The maximum absolute atomic E-state index is 14.5. The molecule has 0 spiro atoms. The highest BCUT2D eigenvalue weighted by Crippen LogP contribution is 2.41. The molecule has 2 aromatic rings. The fourth-order valence-electron chi connectivity index (χ4n) is 3.63. The minimum Gasteiger partial charge on any atom is -0.382 e. The number of piperazine rings is 1. The van der Waals surface area contributed by atoms with Gasteiger partial charge in [-0.15, -0.1) is 11.3 Å². The van der Waals surface area contributed by atoms with E-state index >= 15 is 0 Å². The number of benzene rings is 1. The second-order valence-corrected chi connectivity index (χ2v) is 8.26. The summed E-state index contributed by atoms with van der Waals surface area (Å²) in [5, 5.41) is 7.66. The highest BCUT2D eigenvalue weighted by Gasteiger charge is 2.29. The normalized spacial score (nSPS) is 18.8. The number of hydrogen-bond donors (Lipinski definition) is 2. The summed E-state index contributed by atoms with van der Waals surface area (Å²) in [5.74, 6) is -1.12. The number of rotatable bonds is 4. The summed E-state index contributed by atoms with van der Waals surface area (Å²) in [6.45, 7) is 7.72. The average Bonchev–Trinajstić information content (AvgIpc) is 2.97. The van der Waals surface area contributed by atoms with Gasteiger partial charge in [0.05, 0.1) is 11.3 Å². The van der Waals surface area contributed by atoms with Gasteiger partial charge in [0.15, 0.2) is 11.6 Å². The summed E-state index contributed by atoms with van der Waals surface area (Å²) >= 11 is 1.59. The van der Waals surface area contributed by atoms with Crippen molar-refractivity contribution in [2.45, 2.75) is 26.3 Å². The third-order valence-electron chi connectivity index (χ3n) is 5.00. The Kier molecular flexibility index (Phi) is 5.61. The lowest BCUT2D eigenvalue weighted by atomic mass is 10.1. The van der Waals surface area contributed by atoms with Crippen molar-refractivity contribution in [3.8, 4) is 0 Å². The third-order valence-corrected chi connectivity index (χ3v) is 5.97. The molecule has 150 valence electrons. The molecule has 0 radical (unpaired) electrons. The molecule has 2 N–H and O–H groups in total. The zero-order chi connectivity index (χ0) is 19.7. The number of halogens is 2. The molecule has 1 unspecified atom stereocenters. The Bertz CT molecular complexity index is 899. The van der Waals surface area contributed by atoms with Crippen molar-refractivity contribution in [2.24, 2.45) is 4.99 Å². The molecule has 0 amide bonds. The molecule has 1 saturated heterocycles. The molecule has 5 nitrogen and oxygen atoms in total. The summed E-state index contributed by atoms with van der Waals surface area (Å²) in [5.41, 5.74) is 1.45. The standard InChI is InChI=1S/C20H24F2N4OS/c1-3-27-9-6-13-11-26(8-7-23-13)19-14-10-12(2)28-20(14)24-16-5-4-15(21)17(22)18(16)25-19/h4-5,10,13,23-24H,3,6-9,11H2,1-2H3. The quantitative estimate of drug-likeness (QED) is 0.749. The second kappa shape index (κ2) is 8.14. The molecule has 3 heterocycles. The van der Waals surface area contributed by atoms with E-state index in [2.05, 4.69) is 26.6 Å². The van der Waals surface area contributed by atoms with Gasteiger partial charge in [-0.25, -0.2) is 13.8 Å². The first-order chi connectivity index (χ1) is 13.6. The van der Waals surface area contributed by atoms with Crippen LogP contribution in [0.3, 0.4) is 0 Å². The summed E-state index contributed by atoms with van der Waals surface area (Å²) in [6, 6.07) is 5.00. The van der Waals surface area contributed by atoms with Crippen LogP contribution in [0.1, 0.15) is 23.8 Å². The monoisotopic (exact) mass is 406 g/mol. The average molecular weight is 407 g/mol. The van der Waals surface area contributed by atoms with Gasteiger partial charge in [-0.2, -0.15) is 0 Å². The van der Waals surface area contributed by atoms with Gasteiger partial charge in [0.25, 0.3) is 0 Å². The minimum absolute atomic E-state index is 0.0282. The van der Waals surface area contributed by atoms with Crippen LogP contribution in [0, 0.1) is 18.6 Å². The molecular formula is C20H24F2N4OS. The molecule has 2 aliphatic heterocycles. The molecule has 0 saturated carbocycles. The van der Waals surface area contributed by atoms with Crippen LogP contribution in [0.25, 0.3) is 0 Å². The molecule has 8 heteroatoms. The lowest BCUT2D eigenvalue weighted by Crippen LogP contribution is -2.53. The van der Waals surface area contributed by atoms with E-state index in [4.69, 9.17) is 4.74 Å². The number of ether oxygens (including phenoxy) is 1. The zero-order valence-corrected chi connectivity index (χ0v) is 16.8. The number of fused-ring (bicyclic) bond motifs is 2. The van der Waals surface area contributed by atoms with Gasteiger partial charge in [0.2, 0.25) is 0 Å². The number of aliphatic imine (C=N–C) groups is 1. The van der Waals surface area contributed by atoms with E-state index < -0.39 is 11.6 Å². The van der Waals surface area contributed by atoms with Crippen molar-refractivity contribution in [1.82, 2.24) is 10.2 Å². The van der Waals surface area contributed by atoms with Gasteiger partial charge in [0.1, 0.15) is 16.5 Å². The van der Waals surface area contributed by atoms with Gasteiger partial charge in [0, 0.05) is 43.8 Å². The Labute approximate surface area is 167 Å². The van der Waals surface area contributed by atoms with E-state index in [-0.39, 0.29) is 11.7 Å². The molecule has 28 heavy (non-hydrogen) atoms. The minimum atomic E-state index is -0.919. The summed E-state index contributed by atoms with van der Waals surface area (Å²) in [4.78, 5) is 7.93. The van der Waals surface area contributed by atoms with Crippen molar-refractivity contribution in [3.63, 3.8) is 0 Å². The molecular weight excluding hydrogens is 382 g/mol. The van der Waals surface area contributed by atoms with Gasteiger partial charge < -0.3 is 20.3 Å². The number of nitrogens with zero attached hydrogens (tertiary/aromatic N) is 2. The first-order valence-corrected chi connectivity index (χ1v) is 10.4. The van der Waals surface area contributed by atoms with E-state index in [0.717, 1.165) is 47.6 Å². The Hall–Kier alpha value is -2.03. The third kappa shape index (κ3) is 3.76. The van der Waals surface area contributed by atoms with Gasteiger partial charge in [-0.3, -0.25) is 0 Å². The molecule has 0 aliphatic carbocycles. The molecule has 4 rings (SSSR count). The van der Waals surface area contributed by atoms with E-state index in [0.29, 0.717) is 24.7 Å². The number of hydrogen-bond acceptors (Lipinski definition) is 6. The van der Waals surface area contributed by atoms with Crippen molar-refractivity contribution >= 4 is 33.5 Å². The van der Waals surface area contributed by atoms with Crippen molar-refractivity contribution in [3.05, 3.63) is 40.3 Å². The van der Waals surface area contributed by atoms with Crippen LogP contribution in [0.2, 0.25) is 0 Å². The predicted octanol–water partition coefficient (Wildman–Crippen LogP) is 4.17. The zero-order valence-electron chi connectivity index (χ0n) is 16.0. The molecule has 1 aromatic carbocycles. The fraction of sp³-hybridized carbons (Fsp3) is 0.450. The van der Waals surface area contributed by atoms with Crippen LogP contribution in [0.15, 0.2) is 23.2 Å². The maximum atomic E-state index is 14.5. The Morgan fingerprint density at radius 1 is 1.36 bits per heavy atom. The lowest BCUT2D eigenvalue weighted by Gasteiger charge is -2.35. The number of aryl methyl sites for hydroxylation is 1. The second-order valence-electron chi connectivity index (χ2n) is 7.00. The van der Waals surface area contributed by atoms with Crippen LogP contribution < -0.4 is 10.6 Å². The SMILES string of the molecule is CCOCCC1CN(C2=Nc3c(ccc(F)c3F)Nc3sc(C)cc32)CCN1. The molecule has 1 atom stereocenters. The summed E-state index contributed by atoms with van der Waals surface area (Å²) in [6.07, 6.45) is 0.894. The number of amidine groups is 1. The maximum Gasteiger partial charge on any atom is 0.186 e. The fourth-order valence-corrected chi connectivity index (χ4v) is 4.55. The first-order valence-electron chi connectivity index (χ1n) is 9.57. The first kappa shape index (κ1) is 19.3. The largest absolute Gasteiger partial charge is 0.382 e. The van der Waals surface area contributed by atoms with Gasteiger partial charge >= 0.3 is 0 Å². The van der Waals surface area contributed by atoms with E-state index in [1.54, 1.807) is 17.4 Å². The van der Waals surface area contributed by atoms with Crippen LogP contribution in [-0.2, 0) is 4.74 Å². The van der Waals surface area contributed by atoms with Crippen LogP contribution in [0.5, 0.6) is 0 Å². The lowest BCUT2D eigenvalue weighted by molar-refractivity contribution is 0.128. The summed E-state index contributed by atoms with van der Waals surface area (Å²) in [7, 11) is 0. The molecule has 0 bridgehead atoms. The number of nitrogens with one attached hydrogen (secondary N) is 2. The summed E-state index contributed by atoms with van der Waals surface area (Å²) < 4.78 is 33.9. The van der Waals surface area contributed by atoms with Crippen molar-refractivity contribution < 1.29 is 13.5 Å². The molecule has 1 fully saturated rings.